The first kappa shape index (κ1) is 20.4. The molecule has 0 radical (unpaired) electrons. The molecule has 0 saturated carbocycles. The van der Waals surface area contributed by atoms with Gasteiger partial charge in [-0.3, -0.25) is 4.79 Å². The van der Waals surface area contributed by atoms with Crippen LogP contribution in [0.4, 0.5) is 0 Å². The number of aromatic nitrogens is 1. The van der Waals surface area contributed by atoms with Gasteiger partial charge in [-0.25, -0.2) is 0 Å². The second-order valence-electron chi connectivity index (χ2n) is 7.73. The van der Waals surface area contributed by atoms with Crippen molar-refractivity contribution in [3.05, 3.63) is 68.0 Å². The Hall–Kier alpha value is -0.883. The van der Waals surface area contributed by atoms with Crippen LogP contribution in [0, 0.1) is 0 Å². The average molecular weight is 443 g/mol. The Labute approximate surface area is 164 Å². The van der Waals surface area contributed by atoms with Gasteiger partial charge in [-0.1, -0.05) is 60.4 Å². The third-order valence-corrected chi connectivity index (χ3v) is 10.1. The van der Waals surface area contributed by atoms with E-state index in [0.717, 1.165) is 10.0 Å². The number of benzene rings is 1. The zero-order valence-electron chi connectivity index (χ0n) is 15.3. The molecule has 25 heavy (non-hydrogen) atoms. The van der Waals surface area contributed by atoms with Crippen LogP contribution in [-0.4, -0.2) is 19.5 Å². The molecule has 0 bridgehead atoms. The van der Waals surface area contributed by atoms with Gasteiger partial charge >= 0.3 is 0 Å². The molecule has 136 valence electrons. The van der Waals surface area contributed by atoms with E-state index in [2.05, 4.69) is 49.8 Å². The topological polar surface area (TPSA) is 31.2 Å². The molecule has 2 aromatic rings. The first-order valence-electron chi connectivity index (χ1n) is 8.28. The van der Waals surface area contributed by atoms with Crippen LogP contribution in [0.2, 0.25) is 23.2 Å². The predicted molar refractivity (Wildman–Crippen MR) is 111 cm³/mol. The first-order chi connectivity index (χ1) is 11.5. The molecule has 3 nitrogen and oxygen atoms in total. The van der Waals surface area contributed by atoms with Gasteiger partial charge in [-0.05, 0) is 41.9 Å². The summed E-state index contributed by atoms with van der Waals surface area (Å²) < 4.78 is 8.89. The number of pyridine rings is 1. The minimum atomic E-state index is -1.93. The van der Waals surface area contributed by atoms with E-state index in [1.807, 2.05) is 30.3 Å². The van der Waals surface area contributed by atoms with Crippen molar-refractivity contribution in [3.8, 4) is 0 Å². The molecule has 1 aromatic heterocycles. The quantitative estimate of drug-likeness (QED) is 0.542. The van der Waals surface area contributed by atoms with E-state index in [0.29, 0.717) is 11.6 Å². The first-order valence-corrected chi connectivity index (χ1v) is 12.4. The Balaban J connectivity index is 2.41. The molecule has 0 amide bonds. The molecule has 2 rings (SSSR count). The number of rotatable bonds is 5. The summed E-state index contributed by atoms with van der Waals surface area (Å²) in [5.74, 6) is 0. The van der Waals surface area contributed by atoms with Gasteiger partial charge in [0.25, 0.3) is 5.56 Å². The summed E-state index contributed by atoms with van der Waals surface area (Å²) in [6.45, 7) is 11.5. The predicted octanol–water partition coefficient (Wildman–Crippen LogP) is 5.88. The fourth-order valence-electron chi connectivity index (χ4n) is 2.28. The fraction of sp³-hybridized carbons (Fsp3) is 0.421. The standard InChI is InChI=1S/C19H25BrClNO2Si/c1-19(2,3)25(4,5)24-13-17(14-7-6-8-16(21)11-14)22-10-9-15(20)12-18(22)23/h6-12,17H,13H2,1-5H3/t17-/m1/s1. The average Bonchev–Trinajstić information content (AvgIpc) is 2.48. The molecular weight excluding hydrogens is 418 g/mol. The summed E-state index contributed by atoms with van der Waals surface area (Å²) in [5, 5.41) is 0.760. The van der Waals surface area contributed by atoms with Gasteiger partial charge in [-0.15, -0.1) is 0 Å². The highest BCUT2D eigenvalue weighted by Gasteiger charge is 2.37. The highest BCUT2D eigenvalue weighted by Crippen LogP contribution is 2.37. The molecule has 0 unspecified atom stereocenters. The van der Waals surface area contributed by atoms with E-state index in [9.17, 15) is 4.79 Å². The van der Waals surface area contributed by atoms with Gasteiger partial charge in [0.15, 0.2) is 8.32 Å². The van der Waals surface area contributed by atoms with Crippen LogP contribution in [-0.2, 0) is 4.43 Å². The highest BCUT2D eigenvalue weighted by atomic mass is 79.9. The van der Waals surface area contributed by atoms with E-state index in [-0.39, 0.29) is 16.6 Å². The van der Waals surface area contributed by atoms with Gasteiger partial charge in [-0.2, -0.15) is 0 Å². The van der Waals surface area contributed by atoms with Crippen molar-refractivity contribution in [2.45, 2.75) is 44.9 Å². The Kier molecular flexibility index (Phi) is 6.36. The van der Waals surface area contributed by atoms with E-state index >= 15 is 0 Å². The third-order valence-electron chi connectivity index (χ3n) is 4.89. The highest BCUT2D eigenvalue weighted by molar-refractivity contribution is 9.10. The van der Waals surface area contributed by atoms with Crippen molar-refractivity contribution in [1.29, 1.82) is 0 Å². The number of halogens is 2. The van der Waals surface area contributed by atoms with Crippen LogP contribution >= 0.6 is 27.5 Å². The summed E-state index contributed by atoms with van der Waals surface area (Å²) in [4.78, 5) is 12.5. The monoisotopic (exact) mass is 441 g/mol. The van der Waals surface area contributed by atoms with Crippen LogP contribution in [0.3, 0.4) is 0 Å². The maximum atomic E-state index is 12.5. The van der Waals surface area contributed by atoms with Gasteiger partial charge in [0, 0.05) is 21.8 Å². The van der Waals surface area contributed by atoms with Gasteiger partial charge in [0.1, 0.15) is 0 Å². The van der Waals surface area contributed by atoms with Crippen molar-refractivity contribution in [3.63, 3.8) is 0 Å². The molecule has 1 aromatic carbocycles. The van der Waals surface area contributed by atoms with Crippen LogP contribution < -0.4 is 5.56 Å². The zero-order chi connectivity index (χ0) is 18.8. The minimum Gasteiger partial charge on any atom is -0.414 e. The van der Waals surface area contributed by atoms with Gasteiger partial charge in [0.2, 0.25) is 0 Å². The second-order valence-corrected chi connectivity index (χ2v) is 13.9. The molecule has 0 N–H and O–H groups in total. The maximum absolute atomic E-state index is 12.5. The van der Waals surface area contributed by atoms with Crippen LogP contribution in [0.25, 0.3) is 0 Å². The van der Waals surface area contributed by atoms with Crippen LogP contribution in [0.1, 0.15) is 32.4 Å². The molecule has 0 spiro atoms. The number of nitrogens with zero attached hydrogens (tertiary/aromatic N) is 1. The lowest BCUT2D eigenvalue weighted by Gasteiger charge is -2.37. The third kappa shape index (κ3) is 5.06. The lowest BCUT2D eigenvalue weighted by Crippen LogP contribution is -2.43. The maximum Gasteiger partial charge on any atom is 0.252 e. The lowest BCUT2D eigenvalue weighted by molar-refractivity contribution is 0.246. The normalized spacial score (nSPS) is 13.7. The zero-order valence-corrected chi connectivity index (χ0v) is 18.7. The van der Waals surface area contributed by atoms with Crippen molar-refractivity contribution < 1.29 is 4.43 Å². The van der Waals surface area contributed by atoms with Gasteiger partial charge in [0.05, 0.1) is 12.6 Å². The molecule has 6 heteroatoms. The Morgan fingerprint density at radius 2 is 1.92 bits per heavy atom. The summed E-state index contributed by atoms with van der Waals surface area (Å²) in [7, 11) is -1.93. The fourth-order valence-corrected chi connectivity index (χ4v) is 3.80. The Morgan fingerprint density at radius 3 is 2.48 bits per heavy atom. The molecule has 0 saturated heterocycles. The van der Waals surface area contributed by atoms with E-state index < -0.39 is 8.32 Å². The van der Waals surface area contributed by atoms with E-state index in [1.165, 1.54) is 0 Å². The van der Waals surface area contributed by atoms with Crippen molar-refractivity contribution in [1.82, 2.24) is 4.57 Å². The van der Waals surface area contributed by atoms with Crippen molar-refractivity contribution in [2.24, 2.45) is 0 Å². The van der Waals surface area contributed by atoms with E-state index in [1.54, 1.807) is 16.8 Å². The van der Waals surface area contributed by atoms with Crippen LogP contribution in [0.5, 0.6) is 0 Å². The number of hydrogen-bond donors (Lipinski definition) is 0. The van der Waals surface area contributed by atoms with E-state index in [4.69, 9.17) is 16.0 Å². The van der Waals surface area contributed by atoms with Crippen molar-refractivity contribution in [2.75, 3.05) is 6.61 Å². The lowest BCUT2D eigenvalue weighted by atomic mass is 10.1. The summed E-state index contributed by atoms with van der Waals surface area (Å²) in [6, 6.07) is 10.8. The molecular formula is C19H25BrClNO2Si. The van der Waals surface area contributed by atoms with Crippen molar-refractivity contribution >= 4 is 35.8 Å². The SMILES string of the molecule is CC(C)(C)[Si](C)(C)OC[C@H](c1cccc(Cl)c1)n1ccc(Br)cc1=O. The molecule has 0 aliphatic rings. The largest absolute Gasteiger partial charge is 0.414 e. The number of hydrogen-bond acceptors (Lipinski definition) is 2. The smallest absolute Gasteiger partial charge is 0.252 e. The summed E-state index contributed by atoms with van der Waals surface area (Å²) in [6.07, 6.45) is 1.80. The Morgan fingerprint density at radius 1 is 1.24 bits per heavy atom. The minimum absolute atomic E-state index is 0.0711. The molecule has 0 aliphatic heterocycles. The Bertz CT molecular complexity index is 798. The molecule has 1 atom stereocenters. The van der Waals surface area contributed by atoms with Crippen LogP contribution in [0.15, 0.2) is 51.9 Å². The second kappa shape index (κ2) is 7.78. The molecule has 0 aliphatic carbocycles. The summed E-state index contributed by atoms with van der Waals surface area (Å²) >= 11 is 9.53. The van der Waals surface area contributed by atoms with Gasteiger partial charge < -0.3 is 8.99 Å². The molecule has 1 heterocycles. The summed E-state index contributed by atoms with van der Waals surface area (Å²) in [5.41, 5.74) is 0.897. The molecule has 0 fully saturated rings.